The van der Waals surface area contributed by atoms with E-state index >= 15 is 0 Å². The number of hydrogen-bond acceptors (Lipinski definition) is 9. The van der Waals surface area contributed by atoms with Gasteiger partial charge in [-0.3, -0.25) is 4.79 Å². The van der Waals surface area contributed by atoms with Gasteiger partial charge in [-0.2, -0.15) is 14.4 Å². The number of nitrogen functional groups attached to an aromatic ring is 1. The first kappa shape index (κ1) is 35.5. The molecular formula is C35H45N5O6S. The second-order valence-electron chi connectivity index (χ2n) is 11.0. The number of rotatable bonds is 13. The molecule has 1 amide bonds. The highest BCUT2D eigenvalue weighted by atomic mass is 32.2. The number of benzene rings is 3. The lowest BCUT2D eigenvalue weighted by molar-refractivity contribution is -0.114. The molecule has 3 aromatic rings. The molecule has 0 unspecified atom stereocenters. The molecule has 3 aromatic carbocycles. The van der Waals surface area contributed by atoms with Gasteiger partial charge in [0.15, 0.2) is 0 Å². The SMILES string of the molecule is CCCCOc1ccccc1N.CCCCOc1ccccc1NC=C1C(=O)N(c2ccc(S(=O)(=O)N3CCOCC3)cc2)N=C1C. The molecule has 0 aromatic heterocycles. The number of carbonyl (C=O) groups excluding carboxylic acids is 1. The van der Waals surface area contributed by atoms with Crippen molar-refractivity contribution in [1.82, 2.24) is 4.31 Å². The summed E-state index contributed by atoms with van der Waals surface area (Å²) < 4.78 is 43.7. The molecule has 12 heteroatoms. The monoisotopic (exact) mass is 663 g/mol. The molecule has 2 aliphatic heterocycles. The first-order valence-electron chi connectivity index (χ1n) is 16.0. The molecule has 5 rings (SSSR count). The highest BCUT2D eigenvalue weighted by molar-refractivity contribution is 7.89. The Balaban J connectivity index is 0.000000351. The smallest absolute Gasteiger partial charge is 0.282 e. The molecule has 1 fully saturated rings. The molecule has 0 bridgehead atoms. The predicted octanol–water partition coefficient (Wildman–Crippen LogP) is 6.05. The van der Waals surface area contributed by atoms with Crippen LogP contribution in [0.4, 0.5) is 17.1 Å². The van der Waals surface area contributed by atoms with E-state index in [4.69, 9.17) is 19.9 Å². The Kier molecular flexibility index (Phi) is 13.2. The molecule has 47 heavy (non-hydrogen) atoms. The average molecular weight is 664 g/mol. The molecule has 0 saturated carbocycles. The van der Waals surface area contributed by atoms with Crippen LogP contribution in [0.3, 0.4) is 0 Å². The minimum Gasteiger partial charge on any atom is -0.491 e. The van der Waals surface area contributed by atoms with E-state index in [-0.39, 0.29) is 10.8 Å². The maximum Gasteiger partial charge on any atom is 0.282 e. The van der Waals surface area contributed by atoms with Gasteiger partial charge in [-0.25, -0.2) is 8.42 Å². The van der Waals surface area contributed by atoms with Gasteiger partial charge in [-0.15, -0.1) is 0 Å². The number of hydrogen-bond donors (Lipinski definition) is 2. The highest BCUT2D eigenvalue weighted by Gasteiger charge is 2.30. The molecule has 0 atom stereocenters. The number of morpholine rings is 1. The summed E-state index contributed by atoms with van der Waals surface area (Å²) in [6.45, 7) is 8.79. The van der Waals surface area contributed by atoms with E-state index < -0.39 is 10.0 Å². The van der Waals surface area contributed by atoms with E-state index in [0.29, 0.717) is 61.3 Å². The number of carbonyl (C=O) groups is 1. The van der Waals surface area contributed by atoms with E-state index in [0.717, 1.165) is 43.7 Å². The number of sulfonamides is 1. The van der Waals surface area contributed by atoms with Crippen LogP contribution < -0.4 is 25.5 Å². The lowest BCUT2D eigenvalue weighted by Gasteiger charge is -2.26. The first-order chi connectivity index (χ1) is 22.8. The Morgan fingerprint density at radius 1 is 0.894 bits per heavy atom. The van der Waals surface area contributed by atoms with Gasteiger partial charge in [0.25, 0.3) is 5.91 Å². The molecule has 0 aliphatic carbocycles. The maximum absolute atomic E-state index is 13.1. The van der Waals surface area contributed by atoms with Crippen molar-refractivity contribution in [2.45, 2.75) is 51.3 Å². The van der Waals surface area contributed by atoms with Gasteiger partial charge in [-0.1, -0.05) is 51.0 Å². The minimum absolute atomic E-state index is 0.174. The molecule has 11 nitrogen and oxygen atoms in total. The predicted molar refractivity (Wildman–Crippen MR) is 186 cm³/mol. The van der Waals surface area contributed by atoms with Crippen LogP contribution in [-0.2, 0) is 19.6 Å². The van der Waals surface area contributed by atoms with Crippen molar-refractivity contribution in [3.05, 3.63) is 84.6 Å². The van der Waals surface area contributed by atoms with Crippen molar-refractivity contribution < 1.29 is 27.4 Å². The molecule has 252 valence electrons. The number of nitrogens with one attached hydrogen (secondary N) is 1. The van der Waals surface area contributed by atoms with Crippen molar-refractivity contribution in [2.24, 2.45) is 5.10 Å². The molecule has 2 heterocycles. The van der Waals surface area contributed by atoms with Crippen LogP contribution in [0.1, 0.15) is 46.5 Å². The van der Waals surface area contributed by atoms with E-state index in [9.17, 15) is 13.2 Å². The Labute approximate surface area is 278 Å². The zero-order chi connectivity index (χ0) is 33.6. The Morgan fingerprint density at radius 3 is 2.13 bits per heavy atom. The zero-order valence-corrected chi connectivity index (χ0v) is 28.2. The molecule has 3 N–H and O–H groups in total. The second-order valence-corrected chi connectivity index (χ2v) is 12.9. The minimum atomic E-state index is -3.61. The Hall–Kier alpha value is -4.39. The third-order valence-electron chi connectivity index (χ3n) is 7.44. The van der Waals surface area contributed by atoms with Crippen LogP contribution in [0.25, 0.3) is 0 Å². The summed E-state index contributed by atoms with van der Waals surface area (Å²) >= 11 is 0. The second kappa shape index (κ2) is 17.5. The molecule has 0 spiro atoms. The standard InChI is InChI=1S/C25H30N4O5S.C10H15NO/c1-3-4-15-34-24-8-6-5-7-23(24)26-18-22-19(2)27-29(25(22)30)20-9-11-21(12-10-20)35(31,32)28-13-16-33-17-14-28;1-2-3-8-12-10-7-5-4-6-9(10)11/h5-12,18,26H,3-4,13-17H2,1-2H3;4-7H,2-3,8,11H2,1H3. The van der Waals surface area contributed by atoms with Crippen molar-refractivity contribution in [2.75, 3.05) is 55.6 Å². The lowest BCUT2D eigenvalue weighted by atomic mass is 10.2. The van der Waals surface area contributed by atoms with Crippen molar-refractivity contribution >= 4 is 38.7 Å². The van der Waals surface area contributed by atoms with Crippen LogP contribution in [0.2, 0.25) is 0 Å². The summed E-state index contributed by atoms with van der Waals surface area (Å²) in [5, 5.41) is 8.83. The average Bonchev–Trinajstić information content (AvgIpc) is 3.38. The number of ether oxygens (including phenoxy) is 3. The van der Waals surface area contributed by atoms with Crippen LogP contribution >= 0.6 is 0 Å². The van der Waals surface area contributed by atoms with Gasteiger partial charge in [0.05, 0.1) is 59.7 Å². The fourth-order valence-corrected chi connectivity index (χ4v) is 6.09. The fraction of sp³-hybridized carbons (Fsp3) is 0.371. The van der Waals surface area contributed by atoms with Crippen LogP contribution in [-0.4, -0.2) is 63.9 Å². The van der Waals surface area contributed by atoms with E-state index in [2.05, 4.69) is 24.3 Å². The topological polar surface area (TPSA) is 136 Å². The number of hydrazone groups is 1. The summed E-state index contributed by atoms with van der Waals surface area (Å²) in [4.78, 5) is 13.3. The Morgan fingerprint density at radius 2 is 1.49 bits per heavy atom. The Bertz CT molecular complexity index is 1640. The largest absolute Gasteiger partial charge is 0.491 e. The number of unbranched alkanes of at least 4 members (excludes halogenated alkanes) is 2. The van der Waals surface area contributed by atoms with Crippen LogP contribution in [0, 0.1) is 0 Å². The van der Waals surface area contributed by atoms with Crippen molar-refractivity contribution in [3.63, 3.8) is 0 Å². The van der Waals surface area contributed by atoms with E-state index in [1.165, 1.54) is 21.4 Å². The van der Waals surface area contributed by atoms with Gasteiger partial charge >= 0.3 is 0 Å². The van der Waals surface area contributed by atoms with Gasteiger partial charge in [-0.05, 0) is 68.3 Å². The first-order valence-corrected chi connectivity index (χ1v) is 17.4. The zero-order valence-electron chi connectivity index (χ0n) is 27.4. The van der Waals surface area contributed by atoms with E-state index in [1.807, 2.05) is 48.5 Å². The number of nitrogens with zero attached hydrogens (tertiary/aromatic N) is 3. The summed E-state index contributed by atoms with van der Waals surface area (Å²) in [5.41, 5.74) is 8.61. The van der Waals surface area contributed by atoms with E-state index in [1.54, 1.807) is 25.3 Å². The van der Waals surface area contributed by atoms with Crippen LogP contribution in [0.5, 0.6) is 11.5 Å². The quantitative estimate of drug-likeness (QED) is 0.128. The van der Waals surface area contributed by atoms with Crippen LogP contribution in [0.15, 0.2) is 94.6 Å². The maximum atomic E-state index is 13.1. The number of nitrogens with two attached hydrogens (primary N) is 1. The number of anilines is 3. The van der Waals surface area contributed by atoms with Crippen molar-refractivity contribution in [3.8, 4) is 11.5 Å². The normalized spacial score (nSPS) is 16.0. The number of para-hydroxylation sites is 4. The molecule has 0 radical (unpaired) electrons. The fourth-order valence-electron chi connectivity index (χ4n) is 4.68. The third-order valence-corrected chi connectivity index (χ3v) is 9.35. The summed E-state index contributed by atoms with van der Waals surface area (Å²) in [7, 11) is -3.61. The van der Waals surface area contributed by atoms with Gasteiger partial charge in [0.1, 0.15) is 11.5 Å². The van der Waals surface area contributed by atoms with Gasteiger partial charge < -0.3 is 25.3 Å². The third kappa shape index (κ3) is 9.57. The highest BCUT2D eigenvalue weighted by Crippen LogP contribution is 2.28. The number of amides is 1. The molecular weight excluding hydrogens is 618 g/mol. The summed E-state index contributed by atoms with van der Waals surface area (Å²) in [6, 6.07) is 21.3. The summed E-state index contributed by atoms with van der Waals surface area (Å²) in [6.07, 6.45) is 5.85. The molecule has 1 saturated heterocycles. The summed E-state index contributed by atoms with van der Waals surface area (Å²) in [5.74, 6) is 1.21. The lowest BCUT2D eigenvalue weighted by Crippen LogP contribution is -2.40. The van der Waals surface area contributed by atoms with Gasteiger partial charge in [0, 0.05) is 19.3 Å². The van der Waals surface area contributed by atoms with Gasteiger partial charge in [0.2, 0.25) is 10.0 Å². The van der Waals surface area contributed by atoms with Crippen molar-refractivity contribution in [1.29, 1.82) is 0 Å². The molecule has 2 aliphatic rings.